The molecule has 7 nitrogen and oxygen atoms in total. The average Bonchev–Trinajstić information content (AvgIpc) is 2.58. The lowest BCUT2D eigenvalue weighted by Gasteiger charge is -2.11. The van der Waals surface area contributed by atoms with Crippen LogP contribution in [0.4, 0.5) is 0 Å². The SMILES string of the molecule is Cc1ccc(OCCNC(=O)Cn2nc(C)c(C)c(C#N)c2=O)c(C)c1. The standard InChI is InChI=1S/C19H22N4O3/c1-12-5-6-17(13(2)9-12)26-8-7-21-18(24)11-23-19(25)16(10-20)14(3)15(4)22-23/h5-6,9H,7-8,11H2,1-4H3,(H,21,24). The summed E-state index contributed by atoms with van der Waals surface area (Å²) in [6, 6.07) is 7.76. The van der Waals surface area contributed by atoms with Crippen molar-refractivity contribution < 1.29 is 9.53 Å². The number of benzene rings is 1. The molecule has 26 heavy (non-hydrogen) atoms. The minimum atomic E-state index is -0.558. The zero-order valence-corrected chi connectivity index (χ0v) is 15.4. The maximum absolute atomic E-state index is 12.2. The fraction of sp³-hybridized carbons (Fsp3) is 0.368. The summed E-state index contributed by atoms with van der Waals surface area (Å²) in [7, 11) is 0. The number of carbonyl (C=O) groups is 1. The number of hydrogen-bond acceptors (Lipinski definition) is 5. The van der Waals surface area contributed by atoms with E-state index >= 15 is 0 Å². The highest BCUT2D eigenvalue weighted by Gasteiger charge is 2.13. The topological polar surface area (TPSA) is 97.0 Å². The molecule has 0 radical (unpaired) electrons. The second-order valence-electron chi connectivity index (χ2n) is 6.13. The van der Waals surface area contributed by atoms with Gasteiger partial charge in [0.1, 0.15) is 30.5 Å². The molecule has 0 saturated heterocycles. The number of amides is 1. The van der Waals surface area contributed by atoms with Gasteiger partial charge in [0.2, 0.25) is 5.91 Å². The molecule has 2 aromatic rings. The van der Waals surface area contributed by atoms with E-state index in [1.807, 2.05) is 38.1 Å². The van der Waals surface area contributed by atoms with E-state index in [9.17, 15) is 9.59 Å². The quantitative estimate of drug-likeness (QED) is 0.794. The molecule has 0 aliphatic rings. The summed E-state index contributed by atoms with van der Waals surface area (Å²) in [5.41, 5.74) is 2.74. The molecule has 1 heterocycles. The molecule has 136 valence electrons. The number of aromatic nitrogens is 2. The first-order valence-corrected chi connectivity index (χ1v) is 8.28. The lowest BCUT2D eigenvalue weighted by molar-refractivity contribution is -0.122. The summed E-state index contributed by atoms with van der Waals surface area (Å²) in [5, 5.41) is 15.9. The molecule has 1 N–H and O–H groups in total. The van der Waals surface area contributed by atoms with E-state index in [4.69, 9.17) is 10.00 Å². The van der Waals surface area contributed by atoms with Gasteiger partial charge in [-0.3, -0.25) is 9.59 Å². The molecule has 1 aromatic carbocycles. The van der Waals surface area contributed by atoms with Gasteiger partial charge in [0.25, 0.3) is 5.56 Å². The molecular formula is C19H22N4O3. The zero-order valence-electron chi connectivity index (χ0n) is 15.4. The molecule has 7 heteroatoms. The van der Waals surface area contributed by atoms with Gasteiger partial charge in [-0.05, 0) is 44.9 Å². The molecule has 0 fully saturated rings. The van der Waals surface area contributed by atoms with E-state index in [-0.39, 0.29) is 18.0 Å². The van der Waals surface area contributed by atoms with E-state index < -0.39 is 5.56 Å². The number of hydrogen-bond donors (Lipinski definition) is 1. The van der Waals surface area contributed by atoms with Crippen LogP contribution in [-0.2, 0) is 11.3 Å². The monoisotopic (exact) mass is 354 g/mol. The molecule has 1 aromatic heterocycles. The predicted octanol–water partition coefficient (Wildman–Crippen LogP) is 1.54. The Kier molecular flexibility index (Phi) is 6.12. The molecule has 1 amide bonds. The van der Waals surface area contributed by atoms with Gasteiger partial charge in [-0.1, -0.05) is 17.7 Å². The van der Waals surface area contributed by atoms with Crippen molar-refractivity contribution in [2.45, 2.75) is 34.2 Å². The lowest BCUT2D eigenvalue weighted by Crippen LogP contribution is -2.37. The van der Waals surface area contributed by atoms with Gasteiger partial charge in [-0.15, -0.1) is 0 Å². The van der Waals surface area contributed by atoms with Gasteiger partial charge in [-0.2, -0.15) is 10.4 Å². The van der Waals surface area contributed by atoms with Crippen LogP contribution in [0.15, 0.2) is 23.0 Å². The largest absolute Gasteiger partial charge is 0.491 e. The number of rotatable bonds is 6. The number of nitrogens with zero attached hydrogens (tertiary/aromatic N) is 3. The van der Waals surface area contributed by atoms with Gasteiger partial charge in [-0.25, -0.2) is 4.68 Å². The van der Waals surface area contributed by atoms with Crippen molar-refractivity contribution in [3.8, 4) is 11.8 Å². The molecular weight excluding hydrogens is 332 g/mol. The zero-order chi connectivity index (χ0) is 19.3. The normalized spacial score (nSPS) is 10.3. The third kappa shape index (κ3) is 4.48. The van der Waals surface area contributed by atoms with E-state index in [0.717, 1.165) is 21.6 Å². The third-order valence-corrected chi connectivity index (χ3v) is 4.05. The van der Waals surface area contributed by atoms with Crippen molar-refractivity contribution in [1.82, 2.24) is 15.1 Å². The van der Waals surface area contributed by atoms with Crippen LogP contribution in [0.25, 0.3) is 0 Å². The van der Waals surface area contributed by atoms with Gasteiger partial charge in [0, 0.05) is 0 Å². The fourth-order valence-electron chi connectivity index (χ4n) is 2.52. The second-order valence-corrected chi connectivity index (χ2v) is 6.13. The van der Waals surface area contributed by atoms with Crippen LogP contribution in [-0.4, -0.2) is 28.8 Å². The third-order valence-electron chi connectivity index (χ3n) is 4.05. The van der Waals surface area contributed by atoms with Crippen molar-refractivity contribution in [1.29, 1.82) is 5.26 Å². The molecule has 0 atom stereocenters. The first-order valence-electron chi connectivity index (χ1n) is 8.28. The highest BCUT2D eigenvalue weighted by atomic mass is 16.5. The highest BCUT2D eigenvalue weighted by molar-refractivity contribution is 5.75. The molecule has 0 spiro atoms. The molecule has 0 aliphatic carbocycles. The lowest BCUT2D eigenvalue weighted by atomic mass is 10.1. The van der Waals surface area contributed by atoms with Crippen molar-refractivity contribution in [3.05, 3.63) is 56.5 Å². The Morgan fingerprint density at radius 2 is 2.04 bits per heavy atom. The van der Waals surface area contributed by atoms with Crippen LogP contribution in [0.3, 0.4) is 0 Å². The van der Waals surface area contributed by atoms with Gasteiger partial charge in [0.05, 0.1) is 12.2 Å². The maximum Gasteiger partial charge on any atom is 0.285 e. The van der Waals surface area contributed by atoms with E-state index in [1.54, 1.807) is 13.8 Å². The number of aryl methyl sites for hydroxylation is 3. The summed E-state index contributed by atoms with van der Waals surface area (Å²) in [6.07, 6.45) is 0. The number of nitrogens with one attached hydrogen (secondary N) is 1. The Morgan fingerprint density at radius 1 is 1.31 bits per heavy atom. The summed E-state index contributed by atoms with van der Waals surface area (Å²) in [5.74, 6) is 0.409. The van der Waals surface area contributed by atoms with Crippen LogP contribution in [0.2, 0.25) is 0 Å². The average molecular weight is 354 g/mol. The Bertz CT molecular complexity index is 926. The Hall–Kier alpha value is -3.14. The Balaban J connectivity index is 1.91. The highest BCUT2D eigenvalue weighted by Crippen LogP contribution is 2.18. The van der Waals surface area contributed by atoms with Crippen molar-refractivity contribution in [3.63, 3.8) is 0 Å². The van der Waals surface area contributed by atoms with Crippen molar-refractivity contribution in [2.75, 3.05) is 13.2 Å². The number of carbonyl (C=O) groups excluding carboxylic acids is 1. The van der Waals surface area contributed by atoms with E-state index in [1.165, 1.54) is 0 Å². The minimum Gasteiger partial charge on any atom is -0.491 e. The summed E-state index contributed by atoms with van der Waals surface area (Å²) < 4.78 is 6.66. The molecule has 0 saturated carbocycles. The van der Waals surface area contributed by atoms with Crippen LogP contribution < -0.4 is 15.6 Å². The Morgan fingerprint density at radius 3 is 2.69 bits per heavy atom. The number of ether oxygens (including phenoxy) is 1. The van der Waals surface area contributed by atoms with Crippen LogP contribution in [0.1, 0.15) is 27.9 Å². The fourth-order valence-corrected chi connectivity index (χ4v) is 2.52. The minimum absolute atomic E-state index is 0.0171. The first-order chi connectivity index (χ1) is 12.3. The number of nitriles is 1. The molecule has 0 unspecified atom stereocenters. The van der Waals surface area contributed by atoms with Crippen LogP contribution in [0, 0.1) is 39.0 Å². The maximum atomic E-state index is 12.2. The second kappa shape index (κ2) is 8.30. The van der Waals surface area contributed by atoms with Crippen LogP contribution >= 0.6 is 0 Å². The predicted molar refractivity (Wildman–Crippen MR) is 97.1 cm³/mol. The van der Waals surface area contributed by atoms with Crippen molar-refractivity contribution >= 4 is 5.91 Å². The molecule has 0 aliphatic heterocycles. The van der Waals surface area contributed by atoms with Gasteiger partial charge in [0.15, 0.2) is 0 Å². The van der Waals surface area contributed by atoms with Crippen molar-refractivity contribution in [2.24, 2.45) is 0 Å². The molecule has 2 rings (SSSR count). The molecule has 0 bridgehead atoms. The summed E-state index contributed by atoms with van der Waals surface area (Å²) in [6.45, 7) is 7.71. The van der Waals surface area contributed by atoms with Gasteiger partial charge < -0.3 is 10.1 Å². The summed E-state index contributed by atoms with van der Waals surface area (Å²) >= 11 is 0. The summed E-state index contributed by atoms with van der Waals surface area (Å²) in [4.78, 5) is 24.2. The van der Waals surface area contributed by atoms with Crippen LogP contribution in [0.5, 0.6) is 5.75 Å². The first kappa shape index (κ1) is 19.2. The van der Waals surface area contributed by atoms with E-state index in [0.29, 0.717) is 24.4 Å². The smallest absolute Gasteiger partial charge is 0.285 e. The Labute approximate surface area is 152 Å². The van der Waals surface area contributed by atoms with E-state index in [2.05, 4.69) is 10.4 Å². The van der Waals surface area contributed by atoms with Gasteiger partial charge >= 0.3 is 0 Å².